The molecule has 3 aromatic heterocycles. The zero-order valence-corrected chi connectivity index (χ0v) is 59.4. The molecule has 1 saturated carbocycles. The maximum absolute atomic E-state index is 15.6. The fraction of sp³-hybridized carbons (Fsp3) is 0.411. The number of hydrogen-bond donors (Lipinski definition) is 9. The number of benzene rings is 3. The van der Waals surface area contributed by atoms with Gasteiger partial charge in [-0.3, -0.25) is 57.7 Å². The number of sulfone groups is 1. The van der Waals surface area contributed by atoms with Gasteiger partial charge in [0.25, 0.3) is 35.1 Å². The molecule has 1 aliphatic carbocycles. The van der Waals surface area contributed by atoms with Crippen molar-refractivity contribution in [2.45, 2.75) is 134 Å². The number of piperidine rings is 1. The summed E-state index contributed by atoms with van der Waals surface area (Å²) < 4.78 is 62.4. The molecule has 2 fully saturated rings. The average molecular weight is 1480 g/mol. The van der Waals surface area contributed by atoms with Crippen molar-refractivity contribution < 1.29 is 74.7 Å². The van der Waals surface area contributed by atoms with Crippen LogP contribution in [-0.4, -0.2) is 161 Å². The van der Waals surface area contributed by atoms with Gasteiger partial charge in [-0.1, -0.05) is 43.9 Å². The van der Waals surface area contributed by atoms with Crippen LogP contribution in [0, 0.1) is 17.0 Å². The minimum Gasteiger partial charge on any atom is -0.445 e. The molecule has 10 N–H and O–H groups in total. The van der Waals surface area contributed by atoms with Crippen molar-refractivity contribution >= 4 is 109 Å². The van der Waals surface area contributed by atoms with Crippen LogP contribution in [0.3, 0.4) is 0 Å². The SMILES string of the molecule is Cn1cc2c3c(c[nH]c3c1=O)CN(c1ncc(F)cc1F)c1cc(C(=O)NCCCCCCCNc3cccc4c3CN(C3CCC(=O)N(CNC(=O)OCc5ccc(NC(=O)[C@H](CCCNC(N)=O)NC(=O)C6(C(=O)NCCCCCN7C(=O)C=CC7=O)CCC6)cc5)C3=O)C4=O)c(CS(C)(=O)=O)cc1-2. The molecule has 30 nitrogen and oxygen atoms in total. The topological polar surface area (TPSA) is 405 Å². The number of carbonyl (C=O) groups is 11. The summed E-state index contributed by atoms with van der Waals surface area (Å²) in [5.41, 5.74) is 8.37. The highest BCUT2D eigenvalue weighted by atomic mass is 32.2. The number of likely N-dealkylation sites (tertiary alicyclic amines) is 1. The molecule has 560 valence electrons. The first kappa shape index (κ1) is 75.8. The van der Waals surface area contributed by atoms with E-state index in [1.807, 2.05) is 6.07 Å². The number of nitrogens with one attached hydrogen (secondary N) is 8. The lowest BCUT2D eigenvalue weighted by molar-refractivity contribution is -0.153. The first-order valence-electron chi connectivity index (χ1n) is 35.2. The Kier molecular flexibility index (Phi) is 23.7. The number of alkyl carbamates (subject to hydrolysis) is 1. The van der Waals surface area contributed by atoms with Crippen molar-refractivity contribution in [1.82, 2.24) is 55.8 Å². The number of ether oxygens (including phenoxy) is 1. The number of aryl methyl sites for hydroxylation is 1. The highest BCUT2D eigenvalue weighted by Crippen LogP contribution is 2.46. The molecule has 11 rings (SSSR count). The normalized spacial score (nSPS) is 16.1. The molecule has 1 unspecified atom stereocenters. The largest absolute Gasteiger partial charge is 0.445 e. The molecule has 2 atom stereocenters. The molecule has 6 aromatic rings. The van der Waals surface area contributed by atoms with Crippen LogP contribution in [0.5, 0.6) is 0 Å². The van der Waals surface area contributed by atoms with E-state index < -0.39 is 99.0 Å². The first-order valence-corrected chi connectivity index (χ1v) is 37.2. The number of anilines is 4. The predicted molar refractivity (Wildman–Crippen MR) is 384 cm³/mol. The summed E-state index contributed by atoms with van der Waals surface area (Å²) >= 11 is 0. The lowest BCUT2D eigenvalue weighted by Crippen LogP contribution is -2.58. The van der Waals surface area contributed by atoms with Gasteiger partial charge < -0.3 is 67.0 Å². The monoisotopic (exact) mass is 1480 g/mol. The Labute approximate surface area is 607 Å². The number of fused-ring (bicyclic) bond motifs is 3. The number of aromatic amines is 1. The summed E-state index contributed by atoms with van der Waals surface area (Å²) in [6, 6.07) is 12.3. The Balaban J connectivity index is 0.613. The van der Waals surface area contributed by atoms with E-state index in [0.29, 0.717) is 94.9 Å². The van der Waals surface area contributed by atoms with Gasteiger partial charge in [0.05, 0.1) is 24.2 Å². The number of primary amides is 1. The standard InChI is InChI=1S/C73H83F2N15O15S/c1-86-38-52-50-32-44(41-106(2,103)104)49(34-57(50)88(63-53(75)33-46(74)36-82-63)37-45-35-81-62(61(45)52)68(86)98)64(94)78-28-8-5-3-4-7-27-77-54-15-11-14-48-51(54)39-89(66(48)96)56-21-22-60(93)90(67(56)97)42-83-72(102)105-40-43-17-19-47(20-18-43)84-65(95)55(16-12-30-80-71(76)101)85-70(100)73(25-13-26-73)69(99)79-29-9-6-10-31-87-58(91)23-24-59(87)92/h11,14-15,17-20,23-24,32-36,38,55-56,77,81H,3-10,12-13,16,21-22,25-31,37,39-42H2,1-2H3,(H,78,94)(H,79,99)(H,83,102)(H,84,95)(H,85,100)(H3,76,80,101)/t55-,56?/m0/s1. The van der Waals surface area contributed by atoms with E-state index in [9.17, 15) is 70.3 Å². The molecule has 0 bridgehead atoms. The number of aromatic nitrogens is 3. The van der Waals surface area contributed by atoms with Gasteiger partial charge in [0.15, 0.2) is 21.5 Å². The average Bonchev–Trinajstić information content (AvgIpc) is 1.55. The Morgan fingerprint density at radius 2 is 1.49 bits per heavy atom. The smallest absolute Gasteiger partial charge is 0.408 e. The van der Waals surface area contributed by atoms with Crippen LogP contribution >= 0.6 is 0 Å². The van der Waals surface area contributed by atoms with Crippen molar-refractivity contribution in [3.63, 3.8) is 0 Å². The number of unbranched alkanes of at least 4 members (excludes halogenated alkanes) is 6. The molecule has 106 heavy (non-hydrogen) atoms. The second kappa shape index (κ2) is 33.2. The molecule has 4 aliphatic heterocycles. The maximum Gasteiger partial charge on any atom is 0.408 e. The summed E-state index contributed by atoms with van der Waals surface area (Å²) in [6.45, 7) is 0.651. The zero-order valence-electron chi connectivity index (χ0n) is 58.5. The Morgan fingerprint density at radius 1 is 0.783 bits per heavy atom. The summed E-state index contributed by atoms with van der Waals surface area (Å²) in [6.07, 6.45) is 13.3. The molecule has 7 heterocycles. The van der Waals surface area contributed by atoms with E-state index >= 15 is 4.39 Å². The molecule has 1 saturated heterocycles. The summed E-state index contributed by atoms with van der Waals surface area (Å²) in [5, 5.41) is 20.1. The molecule has 12 amide bonds. The van der Waals surface area contributed by atoms with Crippen LogP contribution < -0.4 is 53.4 Å². The van der Waals surface area contributed by atoms with Gasteiger partial charge in [-0.15, -0.1) is 0 Å². The third-order valence-corrected chi connectivity index (χ3v) is 20.5. The molecule has 0 radical (unpaired) electrons. The number of pyridine rings is 2. The zero-order chi connectivity index (χ0) is 75.6. The number of imide groups is 2. The number of nitrogens with two attached hydrogens (primary N) is 1. The van der Waals surface area contributed by atoms with Crippen molar-refractivity contribution in [3.8, 4) is 11.1 Å². The quantitative estimate of drug-likeness (QED) is 0.0133. The van der Waals surface area contributed by atoms with Crippen LogP contribution in [-0.2, 0) is 80.6 Å². The van der Waals surface area contributed by atoms with Crippen LogP contribution in [0.4, 0.5) is 41.2 Å². The number of halogens is 2. The van der Waals surface area contributed by atoms with Crippen molar-refractivity contribution in [2.75, 3.05) is 61.2 Å². The summed E-state index contributed by atoms with van der Waals surface area (Å²) in [4.78, 5) is 170. The third-order valence-electron chi connectivity index (χ3n) is 19.6. The van der Waals surface area contributed by atoms with Gasteiger partial charge in [0, 0.05) is 134 Å². The number of urea groups is 1. The molecule has 5 aliphatic rings. The first-order chi connectivity index (χ1) is 50.8. The summed E-state index contributed by atoms with van der Waals surface area (Å²) in [5.74, 6) is -7.26. The van der Waals surface area contributed by atoms with Crippen LogP contribution in [0.25, 0.3) is 22.0 Å². The minimum atomic E-state index is -3.72. The minimum absolute atomic E-state index is 0.0302. The fourth-order valence-corrected chi connectivity index (χ4v) is 14.7. The van der Waals surface area contributed by atoms with Crippen molar-refractivity contribution in [3.05, 3.63) is 147 Å². The lowest BCUT2D eigenvalue weighted by atomic mass is 9.67. The number of carbonyl (C=O) groups excluding carboxylic acids is 11. The number of amides is 12. The summed E-state index contributed by atoms with van der Waals surface area (Å²) in [7, 11) is -2.16. The molecular weight excluding hydrogens is 1400 g/mol. The van der Waals surface area contributed by atoms with E-state index in [4.69, 9.17) is 10.5 Å². The van der Waals surface area contributed by atoms with Gasteiger partial charge in [-0.2, -0.15) is 0 Å². The van der Waals surface area contributed by atoms with Gasteiger partial charge in [0.1, 0.15) is 42.1 Å². The number of H-pyrrole nitrogens is 1. The Hall–Kier alpha value is -11.4. The second-order valence-corrected chi connectivity index (χ2v) is 29.2. The van der Waals surface area contributed by atoms with Gasteiger partial charge >= 0.3 is 12.1 Å². The molecule has 33 heteroatoms. The van der Waals surface area contributed by atoms with Crippen molar-refractivity contribution in [2.24, 2.45) is 18.2 Å². The van der Waals surface area contributed by atoms with Gasteiger partial charge in [-0.25, -0.2) is 31.8 Å². The van der Waals surface area contributed by atoms with Crippen molar-refractivity contribution in [1.29, 1.82) is 0 Å². The number of hydrogen-bond acceptors (Lipinski definition) is 18. The third kappa shape index (κ3) is 17.4. The molecular formula is C73H83F2N15O15S. The van der Waals surface area contributed by atoms with E-state index in [2.05, 4.69) is 47.2 Å². The van der Waals surface area contributed by atoms with Crippen LogP contribution in [0.2, 0.25) is 0 Å². The molecule has 3 aromatic carbocycles. The van der Waals surface area contributed by atoms with E-state index in [-0.39, 0.29) is 136 Å². The Morgan fingerprint density at radius 3 is 2.20 bits per heavy atom. The Bertz CT molecular complexity index is 4680. The lowest BCUT2D eigenvalue weighted by Gasteiger charge is -2.39. The second-order valence-electron chi connectivity index (χ2n) is 27.1. The highest BCUT2D eigenvalue weighted by molar-refractivity contribution is 7.89. The number of rotatable bonds is 33. The van der Waals surface area contributed by atoms with E-state index in [0.717, 1.165) is 47.9 Å². The van der Waals surface area contributed by atoms with Crippen LogP contribution in [0.1, 0.15) is 139 Å². The van der Waals surface area contributed by atoms with Gasteiger partial charge in [0.2, 0.25) is 23.6 Å². The van der Waals surface area contributed by atoms with Crippen LogP contribution in [0.15, 0.2) is 96.2 Å². The highest BCUT2D eigenvalue weighted by Gasteiger charge is 2.51. The predicted octanol–water partition coefficient (Wildman–Crippen LogP) is 5.81. The van der Waals surface area contributed by atoms with E-state index in [1.54, 1.807) is 49.8 Å². The molecule has 0 spiro atoms. The maximum atomic E-state index is 15.6. The van der Waals surface area contributed by atoms with Gasteiger partial charge in [-0.05, 0) is 117 Å². The van der Waals surface area contributed by atoms with E-state index in [1.165, 1.54) is 44.7 Å². The number of nitrogens with zero attached hydrogens (tertiary/aromatic N) is 6. The fourth-order valence-electron chi connectivity index (χ4n) is 13.9.